The number of anilines is 1. The smallest absolute Gasteiger partial charge is 0.302 e. The Morgan fingerprint density at radius 2 is 1.88 bits per heavy atom. The van der Waals surface area contributed by atoms with Crippen LogP contribution in [0.4, 0.5) is 17.1 Å². The lowest BCUT2D eigenvalue weighted by molar-refractivity contribution is -0.392. The predicted octanol–water partition coefficient (Wildman–Crippen LogP) is 2.52. The summed E-state index contributed by atoms with van der Waals surface area (Å²) in [5, 5.41) is 45.3. The number of rotatable bonds is 7. The Bertz CT molecular complexity index is 858. The van der Waals surface area contributed by atoms with Crippen molar-refractivity contribution in [1.29, 1.82) is 0 Å². The topological polar surface area (TPSA) is 152 Å². The zero-order chi connectivity index (χ0) is 19.6. The van der Waals surface area contributed by atoms with Crippen LogP contribution >= 0.6 is 0 Å². The van der Waals surface area contributed by atoms with Crippen LogP contribution in [0.25, 0.3) is 0 Å². The van der Waals surface area contributed by atoms with E-state index >= 15 is 0 Å². The van der Waals surface area contributed by atoms with Crippen molar-refractivity contribution in [2.24, 2.45) is 0 Å². The van der Waals surface area contributed by atoms with Crippen LogP contribution in [0, 0.1) is 34.1 Å². The summed E-state index contributed by atoms with van der Waals surface area (Å²) in [4.78, 5) is 21.3. The summed E-state index contributed by atoms with van der Waals surface area (Å²) >= 11 is 0. The molecule has 10 nitrogen and oxygen atoms in total. The first kappa shape index (κ1) is 19.3. The van der Waals surface area contributed by atoms with Gasteiger partial charge < -0.3 is 19.9 Å². The number of furan rings is 1. The SMILES string of the molecule is Cc1ccc(C(C)(O)CNc2c([N+](=O)[O-])cc(CO)c(C)c2[N+](=O)[O-])o1. The monoisotopic (exact) mass is 365 g/mol. The van der Waals surface area contributed by atoms with Gasteiger partial charge in [-0.05, 0) is 38.5 Å². The molecule has 0 saturated carbocycles. The van der Waals surface area contributed by atoms with Crippen molar-refractivity contribution in [1.82, 2.24) is 0 Å². The molecule has 0 aliphatic rings. The third-order valence-corrected chi connectivity index (χ3v) is 4.07. The van der Waals surface area contributed by atoms with Gasteiger partial charge >= 0.3 is 5.69 Å². The molecular formula is C16H19N3O7. The minimum atomic E-state index is -1.56. The van der Waals surface area contributed by atoms with E-state index in [0.29, 0.717) is 5.76 Å². The number of nitrogens with one attached hydrogen (secondary N) is 1. The fourth-order valence-electron chi connectivity index (χ4n) is 2.59. The van der Waals surface area contributed by atoms with Gasteiger partial charge in [-0.3, -0.25) is 20.2 Å². The molecule has 0 aliphatic carbocycles. The largest absolute Gasteiger partial charge is 0.463 e. The molecule has 3 N–H and O–H groups in total. The van der Waals surface area contributed by atoms with Crippen molar-refractivity contribution in [3.05, 3.63) is 61.1 Å². The van der Waals surface area contributed by atoms with Gasteiger partial charge in [0.1, 0.15) is 17.1 Å². The summed E-state index contributed by atoms with van der Waals surface area (Å²) in [7, 11) is 0. The summed E-state index contributed by atoms with van der Waals surface area (Å²) in [5.74, 6) is 0.789. The van der Waals surface area contributed by atoms with Gasteiger partial charge in [-0.15, -0.1) is 0 Å². The standard InChI is InChI=1S/C16H19N3O7/c1-9-4-5-13(26-9)16(3,21)8-17-14-12(18(22)23)6-11(7-20)10(2)15(14)19(24)25/h4-6,17,20-21H,7-8H2,1-3H3. The molecule has 0 aliphatic heterocycles. The Morgan fingerprint density at radius 3 is 2.35 bits per heavy atom. The maximum Gasteiger partial charge on any atom is 0.302 e. The number of nitro benzene ring substituents is 2. The normalized spacial score (nSPS) is 13.3. The van der Waals surface area contributed by atoms with Gasteiger partial charge in [0, 0.05) is 11.6 Å². The van der Waals surface area contributed by atoms with Crippen LogP contribution in [0.2, 0.25) is 0 Å². The number of aliphatic hydroxyl groups is 2. The summed E-state index contributed by atoms with van der Waals surface area (Å²) in [6, 6.07) is 4.28. The van der Waals surface area contributed by atoms with Gasteiger partial charge in [0.25, 0.3) is 5.69 Å². The third-order valence-electron chi connectivity index (χ3n) is 4.07. The number of nitro groups is 2. The molecule has 0 fully saturated rings. The van der Waals surface area contributed by atoms with Crippen LogP contribution < -0.4 is 5.32 Å². The lowest BCUT2D eigenvalue weighted by Gasteiger charge is -2.22. The molecule has 2 aromatic rings. The van der Waals surface area contributed by atoms with Crippen molar-refractivity contribution in [2.75, 3.05) is 11.9 Å². The van der Waals surface area contributed by atoms with E-state index in [1.54, 1.807) is 19.1 Å². The van der Waals surface area contributed by atoms with Crippen LogP contribution in [0.5, 0.6) is 0 Å². The molecule has 1 aromatic carbocycles. The number of nitrogens with zero attached hydrogens (tertiary/aromatic N) is 2. The summed E-state index contributed by atoms with van der Waals surface area (Å²) in [5.41, 5.74) is -2.77. The molecule has 140 valence electrons. The molecule has 0 saturated heterocycles. The van der Waals surface area contributed by atoms with Crippen molar-refractivity contribution < 1.29 is 24.5 Å². The van der Waals surface area contributed by atoms with Gasteiger partial charge in [0.15, 0.2) is 5.69 Å². The van der Waals surface area contributed by atoms with Gasteiger partial charge in [0.2, 0.25) is 0 Å². The average molecular weight is 365 g/mol. The molecule has 2 rings (SSSR count). The summed E-state index contributed by atoms with van der Waals surface area (Å²) in [6.45, 7) is 3.67. The second kappa shape index (κ2) is 7.10. The Labute approximate surface area is 148 Å². The quantitative estimate of drug-likeness (QED) is 0.500. The zero-order valence-corrected chi connectivity index (χ0v) is 14.5. The Morgan fingerprint density at radius 1 is 1.23 bits per heavy atom. The predicted molar refractivity (Wildman–Crippen MR) is 91.9 cm³/mol. The van der Waals surface area contributed by atoms with Crippen LogP contribution in [0.3, 0.4) is 0 Å². The van der Waals surface area contributed by atoms with E-state index in [-0.39, 0.29) is 29.1 Å². The Balaban J connectivity index is 2.49. The van der Waals surface area contributed by atoms with Gasteiger partial charge in [-0.25, -0.2) is 0 Å². The Kier molecular flexibility index (Phi) is 5.28. The Hall–Kier alpha value is -2.98. The van der Waals surface area contributed by atoms with Crippen molar-refractivity contribution in [3.8, 4) is 0 Å². The lowest BCUT2D eigenvalue weighted by atomic mass is 10.0. The first-order valence-corrected chi connectivity index (χ1v) is 7.67. The van der Waals surface area contributed by atoms with Crippen LogP contribution in [0.1, 0.15) is 29.6 Å². The molecule has 0 bridgehead atoms. The fraction of sp³-hybridized carbons (Fsp3) is 0.375. The molecule has 1 heterocycles. The molecule has 1 aromatic heterocycles. The van der Waals surface area contributed by atoms with Gasteiger partial charge in [0.05, 0.1) is 23.0 Å². The van der Waals surface area contributed by atoms with E-state index in [2.05, 4.69) is 5.32 Å². The first-order valence-electron chi connectivity index (χ1n) is 7.67. The van der Waals surface area contributed by atoms with Crippen LogP contribution in [-0.2, 0) is 12.2 Å². The number of hydrogen-bond acceptors (Lipinski definition) is 8. The zero-order valence-electron chi connectivity index (χ0n) is 14.5. The lowest BCUT2D eigenvalue weighted by Crippen LogP contribution is -2.30. The van der Waals surface area contributed by atoms with Gasteiger partial charge in [-0.1, -0.05) is 0 Å². The second-order valence-corrected chi connectivity index (χ2v) is 6.11. The fourth-order valence-corrected chi connectivity index (χ4v) is 2.59. The van der Waals surface area contributed by atoms with Crippen LogP contribution in [-0.4, -0.2) is 26.6 Å². The average Bonchev–Trinajstić information content (AvgIpc) is 2.99. The minimum absolute atomic E-state index is 0.0855. The molecule has 0 radical (unpaired) electrons. The second-order valence-electron chi connectivity index (χ2n) is 6.11. The number of hydrogen-bond donors (Lipinski definition) is 3. The van der Waals surface area contributed by atoms with Crippen molar-refractivity contribution in [3.63, 3.8) is 0 Å². The van der Waals surface area contributed by atoms with Gasteiger partial charge in [-0.2, -0.15) is 0 Å². The third kappa shape index (κ3) is 3.65. The maximum absolute atomic E-state index is 11.5. The summed E-state index contributed by atoms with van der Waals surface area (Å²) < 4.78 is 5.36. The highest BCUT2D eigenvalue weighted by Crippen LogP contribution is 2.40. The van der Waals surface area contributed by atoms with Crippen LogP contribution in [0.15, 0.2) is 22.6 Å². The van der Waals surface area contributed by atoms with E-state index in [9.17, 15) is 30.4 Å². The highest BCUT2D eigenvalue weighted by molar-refractivity contribution is 5.77. The van der Waals surface area contributed by atoms with E-state index in [0.717, 1.165) is 6.07 Å². The molecule has 0 amide bonds. The number of benzene rings is 1. The maximum atomic E-state index is 11.5. The molecule has 26 heavy (non-hydrogen) atoms. The molecule has 1 unspecified atom stereocenters. The molecule has 0 spiro atoms. The van der Waals surface area contributed by atoms with E-state index < -0.39 is 33.4 Å². The van der Waals surface area contributed by atoms with E-state index in [1.165, 1.54) is 13.8 Å². The van der Waals surface area contributed by atoms with Crippen molar-refractivity contribution >= 4 is 17.1 Å². The molecule has 10 heteroatoms. The first-order chi connectivity index (χ1) is 12.1. The molecular weight excluding hydrogens is 346 g/mol. The highest BCUT2D eigenvalue weighted by Gasteiger charge is 2.33. The summed E-state index contributed by atoms with van der Waals surface area (Å²) in [6.07, 6.45) is 0. The molecule has 1 atom stereocenters. The number of aliphatic hydroxyl groups excluding tert-OH is 1. The van der Waals surface area contributed by atoms with E-state index in [4.69, 9.17) is 4.42 Å². The van der Waals surface area contributed by atoms with Crippen molar-refractivity contribution in [2.45, 2.75) is 33.0 Å². The number of aryl methyl sites for hydroxylation is 1. The highest BCUT2D eigenvalue weighted by atomic mass is 16.6. The minimum Gasteiger partial charge on any atom is -0.463 e. The van der Waals surface area contributed by atoms with E-state index in [1.807, 2.05) is 0 Å².